The molecule has 1 aliphatic rings. The fourth-order valence-electron chi connectivity index (χ4n) is 2.09. The average molecular weight is 187 g/mol. The molecular formula is C13H17N. The smallest absolute Gasteiger partial charge is 0.0699 e. The molecule has 14 heavy (non-hydrogen) atoms. The van der Waals surface area contributed by atoms with E-state index in [1.54, 1.807) is 0 Å². The van der Waals surface area contributed by atoms with E-state index < -0.39 is 0 Å². The Morgan fingerprint density at radius 3 is 2.36 bits per heavy atom. The first-order valence-corrected chi connectivity index (χ1v) is 5.10. The Hall–Kier alpha value is -1.11. The molecule has 0 aliphatic carbocycles. The molecule has 1 heterocycles. The molecule has 1 aromatic rings. The van der Waals surface area contributed by atoms with E-state index in [0.717, 1.165) is 0 Å². The third-order valence-electron chi connectivity index (χ3n) is 3.30. The summed E-state index contributed by atoms with van der Waals surface area (Å²) in [6.07, 6.45) is 0. The Morgan fingerprint density at radius 2 is 1.71 bits per heavy atom. The molecule has 2 rings (SSSR count). The van der Waals surface area contributed by atoms with Gasteiger partial charge in [0.15, 0.2) is 0 Å². The van der Waals surface area contributed by atoms with Crippen LogP contribution in [0.15, 0.2) is 17.1 Å². The van der Waals surface area contributed by atoms with Crippen molar-refractivity contribution in [2.45, 2.75) is 40.0 Å². The minimum absolute atomic E-state index is 0.117. The van der Waals surface area contributed by atoms with Gasteiger partial charge in [-0.25, -0.2) is 0 Å². The lowest BCUT2D eigenvalue weighted by molar-refractivity contribution is 0.732. The summed E-state index contributed by atoms with van der Waals surface area (Å²) in [5, 5.41) is 0. The number of aryl methyl sites for hydroxylation is 2. The van der Waals surface area contributed by atoms with Crippen molar-refractivity contribution in [2.75, 3.05) is 0 Å². The van der Waals surface area contributed by atoms with Crippen molar-refractivity contribution < 1.29 is 0 Å². The van der Waals surface area contributed by atoms with E-state index in [-0.39, 0.29) is 5.41 Å². The second-order valence-corrected chi connectivity index (χ2v) is 4.80. The molecule has 0 bridgehead atoms. The van der Waals surface area contributed by atoms with Crippen LogP contribution in [-0.2, 0) is 5.41 Å². The fourth-order valence-corrected chi connectivity index (χ4v) is 2.09. The standard InChI is InChI=1S/C13H17N/c1-8-6-9(2)12-11(7-8)13(4,5)10(3)14-12/h6-7H,1-5H3. The van der Waals surface area contributed by atoms with Gasteiger partial charge in [-0.05, 0) is 31.9 Å². The van der Waals surface area contributed by atoms with Gasteiger partial charge in [0, 0.05) is 11.1 Å². The van der Waals surface area contributed by atoms with Crippen LogP contribution in [0, 0.1) is 13.8 Å². The minimum atomic E-state index is 0.117. The van der Waals surface area contributed by atoms with Crippen LogP contribution < -0.4 is 0 Å². The van der Waals surface area contributed by atoms with Crippen LogP contribution in [0.4, 0.5) is 5.69 Å². The van der Waals surface area contributed by atoms with Gasteiger partial charge in [0.05, 0.1) is 5.69 Å². The van der Waals surface area contributed by atoms with Gasteiger partial charge in [0.25, 0.3) is 0 Å². The molecule has 0 fully saturated rings. The van der Waals surface area contributed by atoms with E-state index in [2.05, 4.69) is 51.7 Å². The highest BCUT2D eigenvalue weighted by Crippen LogP contribution is 2.42. The molecule has 1 aliphatic heterocycles. The summed E-state index contributed by atoms with van der Waals surface area (Å²) in [4.78, 5) is 4.66. The van der Waals surface area contributed by atoms with Crippen LogP contribution >= 0.6 is 0 Å². The maximum absolute atomic E-state index is 4.66. The predicted molar refractivity (Wildman–Crippen MR) is 61.7 cm³/mol. The van der Waals surface area contributed by atoms with E-state index in [0.29, 0.717) is 0 Å². The number of fused-ring (bicyclic) bond motifs is 1. The van der Waals surface area contributed by atoms with Crippen LogP contribution in [0.25, 0.3) is 0 Å². The molecule has 0 spiro atoms. The third-order valence-corrected chi connectivity index (χ3v) is 3.30. The lowest BCUT2D eigenvalue weighted by Gasteiger charge is -2.20. The van der Waals surface area contributed by atoms with Crippen molar-refractivity contribution in [3.8, 4) is 0 Å². The summed E-state index contributed by atoms with van der Waals surface area (Å²) in [5.74, 6) is 0. The summed E-state index contributed by atoms with van der Waals surface area (Å²) >= 11 is 0. The first-order chi connectivity index (χ1) is 6.43. The Kier molecular flexibility index (Phi) is 1.82. The van der Waals surface area contributed by atoms with Gasteiger partial charge in [-0.1, -0.05) is 31.5 Å². The zero-order chi connectivity index (χ0) is 10.5. The number of nitrogens with zero attached hydrogens (tertiary/aromatic N) is 1. The van der Waals surface area contributed by atoms with E-state index in [1.165, 1.54) is 28.1 Å². The maximum Gasteiger partial charge on any atom is 0.0699 e. The second-order valence-electron chi connectivity index (χ2n) is 4.80. The van der Waals surface area contributed by atoms with Gasteiger partial charge >= 0.3 is 0 Å². The van der Waals surface area contributed by atoms with Crippen molar-refractivity contribution in [1.29, 1.82) is 0 Å². The lowest BCUT2D eigenvalue weighted by Crippen LogP contribution is -2.22. The van der Waals surface area contributed by atoms with Crippen molar-refractivity contribution in [3.05, 3.63) is 28.8 Å². The highest BCUT2D eigenvalue weighted by molar-refractivity contribution is 6.00. The van der Waals surface area contributed by atoms with Gasteiger partial charge in [-0.2, -0.15) is 0 Å². The number of benzene rings is 1. The first-order valence-electron chi connectivity index (χ1n) is 5.10. The molecule has 0 N–H and O–H groups in total. The summed E-state index contributed by atoms with van der Waals surface area (Å²) in [5.41, 5.74) is 6.54. The number of rotatable bonds is 0. The summed E-state index contributed by atoms with van der Waals surface area (Å²) in [7, 11) is 0. The summed E-state index contributed by atoms with van der Waals surface area (Å²) in [6.45, 7) is 10.9. The van der Waals surface area contributed by atoms with Crippen LogP contribution in [-0.4, -0.2) is 5.71 Å². The highest BCUT2D eigenvalue weighted by atomic mass is 14.8. The van der Waals surface area contributed by atoms with Gasteiger partial charge in [-0.3, -0.25) is 4.99 Å². The largest absolute Gasteiger partial charge is 0.257 e. The molecule has 74 valence electrons. The molecule has 1 nitrogen and oxygen atoms in total. The van der Waals surface area contributed by atoms with E-state index in [1.807, 2.05) is 0 Å². The van der Waals surface area contributed by atoms with Gasteiger partial charge in [0.1, 0.15) is 0 Å². The zero-order valence-corrected chi connectivity index (χ0v) is 9.60. The molecule has 0 saturated carbocycles. The molecule has 0 unspecified atom stereocenters. The Labute approximate surface area is 85.9 Å². The van der Waals surface area contributed by atoms with E-state index >= 15 is 0 Å². The zero-order valence-electron chi connectivity index (χ0n) is 9.60. The van der Waals surface area contributed by atoms with E-state index in [9.17, 15) is 0 Å². The SMILES string of the molecule is CC1=Nc2c(C)cc(C)cc2C1(C)C. The van der Waals surface area contributed by atoms with Crippen LogP contribution in [0.1, 0.15) is 37.5 Å². The average Bonchev–Trinajstić information content (AvgIpc) is 2.28. The topological polar surface area (TPSA) is 12.4 Å². The highest BCUT2D eigenvalue weighted by Gasteiger charge is 2.32. The van der Waals surface area contributed by atoms with Crippen LogP contribution in [0.2, 0.25) is 0 Å². The molecule has 1 aromatic carbocycles. The van der Waals surface area contributed by atoms with Crippen molar-refractivity contribution in [2.24, 2.45) is 4.99 Å². The van der Waals surface area contributed by atoms with Crippen molar-refractivity contribution >= 4 is 11.4 Å². The Bertz CT molecular complexity index is 425. The molecule has 0 radical (unpaired) electrons. The molecule has 1 heteroatoms. The number of aliphatic imine (C=N–C) groups is 1. The third kappa shape index (κ3) is 1.12. The quantitative estimate of drug-likeness (QED) is 0.587. The molecule has 0 atom stereocenters. The number of hydrogen-bond acceptors (Lipinski definition) is 1. The fraction of sp³-hybridized carbons (Fsp3) is 0.462. The minimum Gasteiger partial charge on any atom is -0.257 e. The van der Waals surface area contributed by atoms with Gasteiger partial charge in [0.2, 0.25) is 0 Å². The molecule has 0 amide bonds. The molecule has 0 saturated heterocycles. The first kappa shape index (κ1) is 9.45. The Morgan fingerprint density at radius 1 is 1.07 bits per heavy atom. The Balaban J connectivity index is 2.73. The number of hydrogen-bond donors (Lipinski definition) is 0. The van der Waals surface area contributed by atoms with E-state index in [4.69, 9.17) is 0 Å². The normalized spacial score (nSPS) is 17.9. The van der Waals surface area contributed by atoms with Crippen molar-refractivity contribution in [1.82, 2.24) is 0 Å². The van der Waals surface area contributed by atoms with Crippen molar-refractivity contribution in [3.63, 3.8) is 0 Å². The maximum atomic E-state index is 4.66. The van der Waals surface area contributed by atoms with Gasteiger partial charge in [-0.15, -0.1) is 0 Å². The van der Waals surface area contributed by atoms with Crippen LogP contribution in [0.5, 0.6) is 0 Å². The summed E-state index contributed by atoms with van der Waals surface area (Å²) in [6, 6.07) is 4.47. The molecular weight excluding hydrogens is 170 g/mol. The monoisotopic (exact) mass is 187 g/mol. The lowest BCUT2D eigenvalue weighted by atomic mass is 9.81. The summed E-state index contributed by atoms with van der Waals surface area (Å²) < 4.78 is 0. The molecule has 0 aromatic heterocycles. The second kappa shape index (κ2) is 2.69. The predicted octanol–water partition coefficient (Wildman–Crippen LogP) is 3.69. The van der Waals surface area contributed by atoms with Crippen LogP contribution in [0.3, 0.4) is 0 Å². The van der Waals surface area contributed by atoms with Gasteiger partial charge < -0.3 is 0 Å².